The van der Waals surface area contributed by atoms with Gasteiger partial charge in [0.1, 0.15) is 5.82 Å². The topological polar surface area (TPSA) is 50.1 Å². The molecule has 0 unspecified atom stereocenters. The van der Waals surface area contributed by atoms with E-state index in [1.807, 2.05) is 36.4 Å². The van der Waals surface area contributed by atoms with Gasteiger partial charge in [-0.1, -0.05) is 97.1 Å². The van der Waals surface area contributed by atoms with Crippen molar-refractivity contribution in [3.8, 4) is 45.0 Å². The molecule has 174 valence electrons. The maximum absolute atomic E-state index is 10.1. The molecule has 4 heteroatoms. The van der Waals surface area contributed by atoms with Gasteiger partial charge in [-0.2, -0.15) is 0 Å². The number of aliphatic hydroxyl groups is 1. The standard InChI is InChI=1S/C31H29N3O/c1-2-32-26-17-11-16-25(22-26)27-18-9-10-19-28(27)31-33-29(23-12-5-3-6-13-23)30(34(31)20-21-35)24-14-7-4-8-15-24/h3-19,22,32,35H,2,20-21H2,1H3. The fourth-order valence-corrected chi connectivity index (χ4v) is 4.59. The number of benzene rings is 4. The summed E-state index contributed by atoms with van der Waals surface area (Å²) in [6, 6.07) is 37.4. The van der Waals surface area contributed by atoms with E-state index in [2.05, 4.69) is 89.6 Å². The maximum atomic E-state index is 10.1. The van der Waals surface area contributed by atoms with Crippen LogP contribution in [0.5, 0.6) is 0 Å². The van der Waals surface area contributed by atoms with E-state index in [1.165, 1.54) is 0 Å². The minimum Gasteiger partial charge on any atom is -0.395 e. The molecule has 0 bridgehead atoms. The van der Waals surface area contributed by atoms with Crippen LogP contribution in [-0.2, 0) is 6.54 Å². The van der Waals surface area contributed by atoms with Gasteiger partial charge in [-0.15, -0.1) is 0 Å². The number of rotatable bonds is 8. The Labute approximate surface area is 206 Å². The van der Waals surface area contributed by atoms with Gasteiger partial charge in [0.25, 0.3) is 0 Å². The van der Waals surface area contributed by atoms with Crippen molar-refractivity contribution in [2.45, 2.75) is 13.5 Å². The first-order valence-electron chi connectivity index (χ1n) is 12.1. The van der Waals surface area contributed by atoms with Crippen LogP contribution in [0.25, 0.3) is 45.0 Å². The first-order valence-corrected chi connectivity index (χ1v) is 12.1. The first kappa shape index (κ1) is 22.6. The molecule has 35 heavy (non-hydrogen) atoms. The highest BCUT2D eigenvalue weighted by atomic mass is 16.3. The lowest BCUT2D eigenvalue weighted by molar-refractivity contribution is 0.277. The number of anilines is 1. The molecule has 1 aromatic heterocycles. The number of hydrogen-bond donors (Lipinski definition) is 2. The van der Waals surface area contributed by atoms with Crippen LogP contribution in [-0.4, -0.2) is 27.8 Å². The van der Waals surface area contributed by atoms with Crippen molar-refractivity contribution in [3.05, 3.63) is 109 Å². The van der Waals surface area contributed by atoms with E-state index in [9.17, 15) is 5.11 Å². The van der Waals surface area contributed by atoms with Crippen LogP contribution in [0.15, 0.2) is 109 Å². The summed E-state index contributed by atoms with van der Waals surface area (Å²) in [5.41, 5.74) is 8.41. The van der Waals surface area contributed by atoms with E-state index in [1.54, 1.807) is 0 Å². The molecule has 0 aliphatic rings. The first-order chi connectivity index (χ1) is 17.3. The van der Waals surface area contributed by atoms with Crippen LogP contribution in [0.2, 0.25) is 0 Å². The van der Waals surface area contributed by atoms with E-state index in [-0.39, 0.29) is 6.61 Å². The zero-order valence-electron chi connectivity index (χ0n) is 19.9. The Hall–Kier alpha value is -4.15. The minimum atomic E-state index is 0.0233. The summed E-state index contributed by atoms with van der Waals surface area (Å²) in [6.07, 6.45) is 0. The predicted molar refractivity (Wildman–Crippen MR) is 145 cm³/mol. The average molecular weight is 460 g/mol. The molecule has 0 spiro atoms. The van der Waals surface area contributed by atoms with Crippen LogP contribution < -0.4 is 5.32 Å². The quantitative estimate of drug-likeness (QED) is 0.263. The van der Waals surface area contributed by atoms with E-state index in [0.717, 1.165) is 57.3 Å². The van der Waals surface area contributed by atoms with Gasteiger partial charge in [0.05, 0.1) is 18.0 Å². The third-order valence-corrected chi connectivity index (χ3v) is 6.11. The lowest BCUT2D eigenvalue weighted by atomic mass is 9.98. The van der Waals surface area contributed by atoms with Crippen LogP contribution in [0, 0.1) is 0 Å². The highest BCUT2D eigenvalue weighted by Crippen LogP contribution is 2.39. The highest BCUT2D eigenvalue weighted by Gasteiger charge is 2.22. The molecule has 0 radical (unpaired) electrons. The van der Waals surface area contributed by atoms with Crippen LogP contribution in [0.4, 0.5) is 5.69 Å². The van der Waals surface area contributed by atoms with Crippen molar-refractivity contribution >= 4 is 5.69 Å². The Morgan fingerprint density at radius 3 is 2.03 bits per heavy atom. The number of aliphatic hydroxyl groups excluding tert-OH is 1. The lowest BCUT2D eigenvalue weighted by Gasteiger charge is -2.15. The Morgan fingerprint density at radius 1 is 0.714 bits per heavy atom. The molecule has 0 fully saturated rings. The Balaban J connectivity index is 1.77. The Morgan fingerprint density at radius 2 is 1.34 bits per heavy atom. The molecule has 2 N–H and O–H groups in total. The van der Waals surface area contributed by atoms with Crippen LogP contribution >= 0.6 is 0 Å². The van der Waals surface area contributed by atoms with Gasteiger partial charge in [-0.25, -0.2) is 4.98 Å². The number of nitrogens with zero attached hydrogens (tertiary/aromatic N) is 2. The molecule has 5 rings (SSSR count). The van der Waals surface area contributed by atoms with Crippen molar-refractivity contribution in [2.24, 2.45) is 0 Å². The predicted octanol–water partition coefficient (Wildman–Crippen LogP) is 6.98. The van der Waals surface area contributed by atoms with Crippen LogP contribution in [0.3, 0.4) is 0 Å². The molecule has 0 atom stereocenters. The molecular weight excluding hydrogens is 430 g/mol. The second-order valence-corrected chi connectivity index (χ2v) is 8.40. The monoisotopic (exact) mass is 459 g/mol. The van der Waals surface area contributed by atoms with Crippen molar-refractivity contribution < 1.29 is 5.11 Å². The summed E-state index contributed by atoms with van der Waals surface area (Å²) in [6.45, 7) is 3.44. The van der Waals surface area contributed by atoms with Gasteiger partial charge in [0.15, 0.2) is 0 Å². The van der Waals surface area contributed by atoms with Gasteiger partial charge in [0, 0.05) is 35.5 Å². The maximum Gasteiger partial charge on any atom is 0.141 e. The normalized spacial score (nSPS) is 10.9. The van der Waals surface area contributed by atoms with Crippen LogP contribution in [0.1, 0.15) is 6.92 Å². The molecular formula is C31H29N3O. The van der Waals surface area contributed by atoms with E-state index in [0.29, 0.717) is 6.54 Å². The summed E-state index contributed by atoms with van der Waals surface area (Å²) < 4.78 is 2.16. The smallest absolute Gasteiger partial charge is 0.141 e. The molecule has 0 saturated heterocycles. The third kappa shape index (κ3) is 4.61. The summed E-state index contributed by atoms with van der Waals surface area (Å²) in [7, 11) is 0. The number of hydrogen-bond acceptors (Lipinski definition) is 3. The zero-order valence-corrected chi connectivity index (χ0v) is 19.9. The second kappa shape index (κ2) is 10.4. The molecule has 4 aromatic carbocycles. The largest absolute Gasteiger partial charge is 0.395 e. The molecule has 0 amide bonds. The zero-order chi connectivity index (χ0) is 24.0. The van der Waals surface area contributed by atoms with Crippen molar-refractivity contribution in [1.82, 2.24) is 9.55 Å². The fraction of sp³-hybridized carbons (Fsp3) is 0.129. The SMILES string of the molecule is CCNc1cccc(-c2ccccc2-c2nc(-c3ccccc3)c(-c3ccccc3)n2CCO)c1. The third-order valence-electron chi connectivity index (χ3n) is 6.11. The highest BCUT2D eigenvalue weighted by molar-refractivity contribution is 5.87. The number of aromatic nitrogens is 2. The molecule has 4 nitrogen and oxygen atoms in total. The average Bonchev–Trinajstić information content (AvgIpc) is 3.29. The van der Waals surface area contributed by atoms with Gasteiger partial charge >= 0.3 is 0 Å². The lowest BCUT2D eigenvalue weighted by Crippen LogP contribution is -2.07. The van der Waals surface area contributed by atoms with Crippen molar-refractivity contribution in [1.29, 1.82) is 0 Å². The summed E-state index contributed by atoms with van der Waals surface area (Å²) in [5.74, 6) is 0.848. The van der Waals surface area contributed by atoms with Gasteiger partial charge in [-0.3, -0.25) is 0 Å². The van der Waals surface area contributed by atoms with Crippen molar-refractivity contribution in [2.75, 3.05) is 18.5 Å². The Kier molecular flexibility index (Phi) is 6.73. The van der Waals surface area contributed by atoms with Gasteiger partial charge in [-0.05, 0) is 30.2 Å². The van der Waals surface area contributed by atoms with E-state index >= 15 is 0 Å². The summed E-state index contributed by atoms with van der Waals surface area (Å²) in [4.78, 5) is 5.23. The fourth-order valence-electron chi connectivity index (χ4n) is 4.59. The number of imidazole rings is 1. The second-order valence-electron chi connectivity index (χ2n) is 8.40. The number of nitrogens with one attached hydrogen (secondary N) is 1. The Bertz CT molecular complexity index is 1410. The molecule has 0 aliphatic heterocycles. The van der Waals surface area contributed by atoms with E-state index in [4.69, 9.17) is 4.98 Å². The van der Waals surface area contributed by atoms with Gasteiger partial charge in [0.2, 0.25) is 0 Å². The summed E-state index contributed by atoms with van der Waals surface area (Å²) in [5, 5.41) is 13.5. The molecule has 0 saturated carbocycles. The van der Waals surface area contributed by atoms with Crippen molar-refractivity contribution in [3.63, 3.8) is 0 Å². The molecule has 1 heterocycles. The summed E-state index contributed by atoms with van der Waals surface area (Å²) >= 11 is 0. The van der Waals surface area contributed by atoms with Gasteiger partial charge < -0.3 is 15.0 Å². The molecule has 0 aliphatic carbocycles. The minimum absolute atomic E-state index is 0.0233. The molecule has 5 aromatic rings. The van der Waals surface area contributed by atoms with E-state index < -0.39 is 0 Å².